The maximum atomic E-state index is 12.9. The van der Waals surface area contributed by atoms with E-state index in [4.69, 9.17) is 5.73 Å². The molecule has 0 saturated heterocycles. The molecule has 4 rings (SSSR count). The van der Waals surface area contributed by atoms with Crippen LogP contribution in [0, 0.1) is 0 Å². The van der Waals surface area contributed by atoms with Crippen LogP contribution >= 0.6 is 0 Å². The van der Waals surface area contributed by atoms with E-state index in [1.54, 1.807) is 42.8 Å². The molecular formula is C17H16N6O3S2. The fraction of sp³-hybridized carbons (Fsp3) is 0.176. The second kappa shape index (κ2) is 7.24. The van der Waals surface area contributed by atoms with Gasteiger partial charge in [0.1, 0.15) is 21.3 Å². The van der Waals surface area contributed by atoms with E-state index in [0.29, 0.717) is 38.4 Å². The summed E-state index contributed by atoms with van der Waals surface area (Å²) >= 11 is 0. The maximum absolute atomic E-state index is 12.9. The van der Waals surface area contributed by atoms with Crippen LogP contribution in [0.3, 0.4) is 0 Å². The zero-order valence-electron chi connectivity index (χ0n) is 15.0. The first kappa shape index (κ1) is 18.4. The van der Waals surface area contributed by atoms with Gasteiger partial charge in [-0.15, -0.1) is 0 Å². The maximum Gasteiger partial charge on any atom is 0.199 e. The normalized spacial score (nSPS) is 13.6. The number of imidazole rings is 1. The lowest BCUT2D eigenvalue weighted by Gasteiger charge is -2.06. The molecule has 11 heteroatoms. The van der Waals surface area contributed by atoms with Crippen LogP contribution < -0.4 is 5.73 Å². The Kier molecular flexibility index (Phi) is 4.77. The first-order chi connectivity index (χ1) is 13.5. The van der Waals surface area contributed by atoms with Crippen molar-refractivity contribution in [1.29, 1.82) is 0 Å². The molecule has 0 aliphatic heterocycles. The number of pyridine rings is 1. The van der Waals surface area contributed by atoms with Crippen LogP contribution in [0.2, 0.25) is 0 Å². The van der Waals surface area contributed by atoms with Crippen LogP contribution in [0.5, 0.6) is 0 Å². The van der Waals surface area contributed by atoms with Gasteiger partial charge in [0.25, 0.3) is 0 Å². The number of aryl methyl sites for hydroxylation is 1. The fourth-order valence-electron chi connectivity index (χ4n) is 2.84. The number of nitrogens with zero attached hydrogens (tertiary/aromatic N) is 5. The standard InChI is InChI=1S/C17H16N6O3S2/c1-3-23-13-8-14(28(25)11-6-4-10(5-7-11)27(2)24)19-9-12(13)20-17(23)15-16(18)22-26-21-15/h4-9H,3H2,1-2H3,(H2,18,22). The lowest BCUT2D eigenvalue weighted by atomic mass is 10.4. The molecule has 2 unspecified atom stereocenters. The summed E-state index contributed by atoms with van der Waals surface area (Å²) in [5.74, 6) is 0.658. The van der Waals surface area contributed by atoms with Gasteiger partial charge < -0.3 is 10.3 Å². The summed E-state index contributed by atoms with van der Waals surface area (Å²) in [6.07, 6.45) is 3.17. The predicted molar refractivity (Wildman–Crippen MR) is 104 cm³/mol. The average Bonchev–Trinajstić information content (AvgIpc) is 3.29. The van der Waals surface area contributed by atoms with Crippen molar-refractivity contribution >= 4 is 38.5 Å². The van der Waals surface area contributed by atoms with Gasteiger partial charge in [0.15, 0.2) is 17.3 Å². The summed E-state index contributed by atoms with van der Waals surface area (Å²) in [4.78, 5) is 10.1. The van der Waals surface area contributed by atoms with E-state index in [1.807, 2.05) is 11.5 Å². The Morgan fingerprint density at radius 1 is 1.14 bits per heavy atom. The van der Waals surface area contributed by atoms with Crippen molar-refractivity contribution in [1.82, 2.24) is 24.8 Å². The third-order valence-electron chi connectivity index (χ3n) is 4.21. The average molecular weight is 416 g/mol. The smallest absolute Gasteiger partial charge is 0.199 e. The van der Waals surface area contributed by atoms with Crippen LogP contribution in [0.25, 0.3) is 22.6 Å². The number of fused-ring (bicyclic) bond motifs is 1. The van der Waals surface area contributed by atoms with Crippen molar-refractivity contribution < 1.29 is 13.0 Å². The van der Waals surface area contributed by atoms with Gasteiger partial charge >= 0.3 is 0 Å². The second-order valence-electron chi connectivity index (χ2n) is 5.88. The Bertz CT molecular complexity index is 1220. The van der Waals surface area contributed by atoms with Gasteiger partial charge in [-0.1, -0.05) is 0 Å². The summed E-state index contributed by atoms with van der Waals surface area (Å²) < 4.78 is 31.0. The second-order valence-corrected chi connectivity index (χ2v) is 8.69. The molecule has 1 aromatic carbocycles. The Hall–Kier alpha value is -2.92. The molecule has 144 valence electrons. The zero-order valence-corrected chi connectivity index (χ0v) is 16.7. The van der Waals surface area contributed by atoms with Crippen molar-refractivity contribution in [2.45, 2.75) is 28.3 Å². The van der Waals surface area contributed by atoms with Gasteiger partial charge in [0, 0.05) is 33.4 Å². The van der Waals surface area contributed by atoms with Gasteiger partial charge in [-0.2, -0.15) is 0 Å². The van der Waals surface area contributed by atoms with E-state index in [0.717, 1.165) is 5.52 Å². The molecule has 9 nitrogen and oxygen atoms in total. The van der Waals surface area contributed by atoms with Crippen LogP contribution in [0.4, 0.5) is 5.82 Å². The summed E-state index contributed by atoms with van der Waals surface area (Å²) in [5.41, 5.74) is 7.53. The molecule has 3 heterocycles. The Morgan fingerprint density at radius 3 is 2.46 bits per heavy atom. The monoisotopic (exact) mass is 416 g/mol. The Balaban J connectivity index is 1.78. The zero-order chi connectivity index (χ0) is 19.8. The summed E-state index contributed by atoms with van der Waals surface area (Å²) in [6, 6.07) is 8.54. The largest absolute Gasteiger partial charge is 0.379 e. The van der Waals surface area contributed by atoms with Gasteiger partial charge in [0.2, 0.25) is 0 Å². The number of nitrogen functional groups attached to an aromatic ring is 1. The highest BCUT2D eigenvalue weighted by atomic mass is 32.2. The minimum absolute atomic E-state index is 0.148. The molecule has 0 amide bonds. The number of rotatable bonds is 5. The van der Waals surface area contributed by atoms with E-state index in [9.17, 15) is 8.42 Å². The first-order valence-electron chi connectivity index (χ1n) is 8.29. The predicted octanol–water partition coefficient (Wildman–Crippen LogP) is 1.99. The van der Waals surface area contributed by atoms with Gasteiger partial charge in [-0.3, -0.25) is 4.21 Å². The fourth-order valence-corrected chi connectivity index (χ4v) is 4.35. The number of benzene rings is 1. The van der Waals surface area contributed by atoms with Gasteiger partial charge in [-0.05, 0) is 47.6 Å². The minimum atomic E-state index is -1.49. The summed E-state index contributed by atoms with van der Waals surface area (Å²) in [7, 11) is -2.58. The van der Waals surface area contributed by atoms with E-state index in [1.165, 1.54) is 0 Å². The summed E-state index contributed by atoms with van der Waals surface area (Å²) in [5, 5.41) is 7.81. The van der Waals surface area contributed by atoms with E-state index < -0.39 is 21.6 Å². The van der Waals surface area contributed by atoms with Crippen LogP contribution in [-0.4, -0.2) is 39.5 Å². The molecule has 28 heavy (non-hydrogen) atoms. The van der Waals surface area contributed by atoms with E-state index in [-0.39, 0.29) is 5.82 Å². The minimum Gasteiger partial charge on any atom is -0.379 e. The Morgan fingerprint density at radius 2 is 1.86 bits per heavy atom. The third kappa shape index (κ3) is 3.12. The first-order valence-corrected chi connectivity index (χ1v) is 11.0. The Labute approximate surface area is 164 Å². The highest BCUT2D eigenvalue weighted by molar-refractivity contribution is 7.85. The molecule has 0 radical (unpaired) electrons. The van der Waals surface area contributed by atoms with Crippen LogP contribution in [-0.2, 0) is 28.1 Å². The topological polar surface area (TPSA) is 130 Å². The number of anilines is 1. The molecule has 3 aromatic heterocycles. The number of hydrogen-bond acceptors (Lipinski definition) is 8. The molecule has 2 atom stereocenters. The number of hydrogen-bond donors (Lipinski definition) is 1. The third-order valence-corrected chi connectivity index (χ3v) is 6.45. The summed E-state index contributed by atoms with van der Waals surface area (Å²) in [6.45, 7) is 2.54. The van der Waals surface area contributed by atoms with E-state index in [2.05, 4.69) is 24.9 Å². The van der Waals surface area contributed by atoms with Crippen molar-refractivity contribution in [3.8, 4) is 11.5 Å². The molecule has 4 aromatic rings. The van der Waals surface area contributed by atoms with E-state index >= 15 is 0 Å². The molecular weight excluding hydrogens is 400 g/mol. The van der Waals surface area contributed by atoms with Gasteiger partial charge in [-0.25, -0.2) is 18.8 Å². The molecule has 0 fully saturated rings. The van der Waals surface area contributed by atoms with Crippen molar-refractivity contribution in [2.24, 2.45) is 0 Å². The number of nitrogens with two attached hydrogens (primary N) is 1. The van der Waals surface area contributed by atoms with Crippen molar-refractivity contribution in [2.75, 3.05) is 12.0 Å². The molecule has 0 spiro atoms. The van der Waals surface area contributed by atoms with Crippen LogP contribution in [0.1, 0.15) is 6.92 Å². The van der Waals surface area contributed by atoms with Crippen molar-refractivity contribution in [3.63, 3.8) is 0 Å². The molecule has 0 aliphatic carbocycles. The molecule has 0 saturated carbocycles. The quantitative estimate of drug-likeness (QED) is 0.523. The SMILES string of the molecule is CCn1c(-c2nonc2N)nc2cnc(S(=O)c3ccc(S(C)=O)cc3)cc21. The van der Waals surface area contributed by atoms with Crippen LogP contribution in [0.15, 0.2) is 56.0 Å². The lowest BCUT2D eigenvalue weighted by Crippen LogP contribution is -2.01. The number of aromatic nitrogens is 5. The molecule has 0 aliphatic rings. The molecule has 2 N–H and O–H groups in total. The van der Waals surface area contributed by atoms with Crippen molar-refractivity contribution in [3.05, 3.63) is 36.5 Å². The lowest BCUT2D eigenvalue weighted by molar-refractivity contribution is 0.310. The highest BCUT2D eigenvalue weighted by Gasteiger charge is 2.20. The highest BCUT2D eigenvalue weighted by Crippen LogP contribution is 2.28. The molecule has 0 bridgehead atoms. The van der Waals surface area contributed by atoms with Gasteiger partial charge in [0.05, 0.1) is 11.7 Å².